The maximum Gasteiger partial charge on any atom is 0.411 e. The van der Waals surface area contributed by atoms with E-state index in [9.17, 15) is 19.5 Å². The van der Waals surface area contributed by atoms with Crippen LogP contribution in [-0.4, -0.2) is 52.2 Å². The van der Waals surface area contributed by atoms with Crippen LogP contribution in [-0.2, 0) is 9.53 Å². The van der Waals surface area contributed by atoms with Crippen molar-refractivity contribution < 1.29 is 24.2 Å². The number of likely N-dealkylation sites (tertiary alicyclic amines) is 1. The van der Waals surface area contributed by atoms with Crippen molar-refractivity contribution in [3.05, 3.63) is 22.4 Å². The summed E-state index contributed by atoms with van der Waals surface area (Å²) in [6.45, 7) is 5.26. The fourth-order valence-corrected chi connectivity index (χ4v) is 3.00. The number of nitrogens with zero attached hydrogens (tertiary/aromatic N) is 1. The van der Waals surface area contributed by atoms with Gasteiger partial charge in [-0.3, -0.25) is 9.69 Å². The number of thiophene rings is 1. The Bertz CT molecular complexity index is 594. The van der Waals surface area contributed by atoms with Crippen LogP contribution in [0.3, 0.4) is 0 Å². The Labute approximate surface area is 138 Å². The molecule has 1 aromatic rings. The largest absolute Gasteiger partial charge is 0.480 e. The van der Waals surface area contributed by atoms with E-state index < -0.39 is 29.7 Å². The van der Waals surface area contributed by atoms with Crippen LogP contribution in [0.15, 0.2) is 16.8 Å². The van der Waals surface area contributed by atoms with Gasteiger partial charge in [-0.1, -0.05) is 0 Å². The van der Waals surface area contributed by atoms with Crippen molar-refractivity contribution in [3.8, 4) is 0 Å². The molecule has 1 aliphatic rings. The molecule has 0 aliphatic carbocycles. The summed E-state index contributed by atoms with van der Waals surface area (Å²) in [5.41, 5.74) is -0.185. The molecule has 23 heavy (non-hydrogen) atoms. The maximum atomic E-state index is 12.2. The minimum Gasteiger partial charge on any atom is -0.480 e. The molecule has 2 rings (SSSR count). The second kappa shape index (κ2) is 6.57. The maximum absolute atomic E-state index is 12.2. The van der Waals surface area contributed by atoms with Crippen LogP contribution in [0.4, 0.5) is 4.79 Å². The monoisotopic (exact) mass is 340 g/mol. The molecule has 8 heteroatoms. The third kappa shape index (κ3) is 4.44. The summed E-state index contributed by atoms with van der Waals surface area (Å²) in [7, 11) is 0. The van der Waals surface area contributed by atoms with Gasteiger partial charge in [-0.15, -0.1) is 0 Å². The van der Waals surface area contributed by atoms with E-state index >= 15 is 0 Å². The SMILES string of the molecule is CC(C)(C)OC(=O)N1C[C@H](NC(=O)c2ccsc2)C[C@@H]1C(=O)O. The number of ether oxygens (including phenoxy) is 1. The van der Waals surface area contributed by atoms with Crippen LogP contribution in [0.2, 0.25) is 0 Å². The van der Waals surface area contributed by atoms with Gasteiger partial charge in [0.25, 0.3) is 5.91 Å². The van der Waals surface area contributed by atoms with Gasteiger partial charge in [0.15, 0.2) is 0 Å². The second-order valence-corrected chi connectivity index (χ2v) is 7.18. The highest BCUT2D eigenvalue weighted by Crippen LogP contribution is 2.22. The van der Waals surface area contributed by atoms with Crippen LogP contribution in [0.5, 0.6) is 0 Å². The molecule has 0 aromatic carbocycles. The van der Waals surface area contributed by atoms with Gasteiger partial charge in [0.1, 0.15) is 11.6 Å². The first-order chi connectivity index (χ1) is 10.7. The fraction of sp³-hybridized carbons (Fsp3) is 0.533. The first-order valence-corrected chi connectivity index (χ1v) is 8.17. The lowest BCUT2D eigenvalue weighted by Crippen LogP contribution is -2.44. The molecular formula is C15H20N2O5S. The third-order valence-electron chi connectivity index (χ3n) is 3.33. The van der Waals surface area contributed by atoms with Gasteiger partial charge in [-0.05, 0) is 32.2 Å². The van der Waals surface area contributed by atoms with Gasteiger partial charge in [-0.2, -0.15) is 11.3 Å². The van der Waals surface area contributed by atoms with E-state index in [-0.39, 0.29) is 18.9 Å². The summed E-state index contributed by atoms with van der Waals surface area (Å²) < 4.78 is 5.24. The van der Waals surface area contributed by atoms with Crippen molar-refractivity contribution in [2.24, 2.45) is 0 Å². The number of amides is 2. The number of carbonyl (C=O) groups is 3. The third-order valence-corrected chi connectivity index (χ3v) is 4.02. The van der Waals surface area contributed by atoms with E-state index in [1.54, 1.807) is 37.6 Å². The van der Waals surface area contributed by atoms with Crippen LogP contribution in [0.25, 0.3) is 0 Å². The Hall–Kier alpha value is -2.09. The van der Waals surface area contributed by atoms with Gasteiger partial charge in [0.05, 0.1) is 0 Å². The summed E-state index contributed by atoms with van der Waals surface area (Å²) in [6.07, 6.45) is -0.526. The Morgan fingerprint density at radius 2 is 2.09 bits per heavy atom. The van der Waals surface area contributed by atoms with Crippen molar-refractivity contribution in [1.29, 1.82) is 0 Å². The molecule has 0 bridgehead atoms. The number of aliphatic carboxylic acids is 1. The van der Waals surface area contributed by atoms with E-state index in [2.05, 4.69) is 5.32 Å². The lowest BCUT2D eigenvalue weighted by Gasteiger charge is -2.26. The van der Waals surface area contributed by atoms with Gasteiger partial charge < -0.3 is 15.2 Å². The zero-order chi connectivity index (χ0) is 17.2. The van der Waals surface area contributed by atoms with E-state index in [1.165, 1.54) is 11.3 Å². The average Bonchev–Trinajstić information content (AvgIpc) is 3.05. The quantitative estimate of drug-likeness (QED) is 0.876. The zero-order valence-corrected chi connectivity index (χ0v) is 14.1. The predicted molar refractivity (Wildman–Crippen MR) is 84.6 cm³/mol. The lowest BCUT2D eigenvalue weighted by molar-refractivity contribution is -0.142. The number of carboxylic acid groups (broad SMARTS) is 1. The highest BCUT2D eigenvalue weighted by molar-refractivity contribution is 7.08. The lowest BCUT2D eigenvalue weighted by atomic mass is 10.1. The molecule has 1 saturated heterocycles. The number of hydrogen-bond acceptors (Lipinski definition) is 5. The summed E-state index contributed by atoms with van der Waals surface area (Å²) in [5, 5.41) is 15.6. The highest BCUT2D eigenvalue weighted by Gasteiger charge is 2.42. The summed E-state index contributed by atoms with van der Waals surface area (Å²) in [4.78, 5) is 36.8. The standard InChI is InChI=1S/C15H20N2O5S/c1-15(2,3)22-14(21)17-7-10(6-11(17)13(19)20)16-12(18)9-4-5-23-8-9/h4-5,8,10-11H,6-7H2,1-3H3,(H,16,18)(H,19,20)/t10-,11-/m1/s1. The normalized spacial score (nSPS) is 21.1. The van der Waals surface area contributed by atoms with Gasteiger partial charge in [0, 0.05) is 30.0 Å². The Morgan fingerprint density at radius 1 is 1.39 bits per heavy atom. The van der Waals surface area contributed by atoms with Crippen molar-refractivity contribution in [2.75, 3.05) is 6.54 Å². The average molecular weight is 340 g/mol. The Morgan fingerprint density at radius 3 is 2.61 bits per heavy atom. The highest BCUT2D eigenvalue weighted by atomic mass is 32.1. The molecule has 126 valence electrons. The second-order valence-electron chi connectivity index (χ2n) is 6.40. The zero-order valence-electron chi connectivity index (χ0n) is 13.2. The van der Waals surface area contributed by atoms with Crippen molar-refractivity contribution in [2.45, 2.75) is 44.9 Å². The molecule has 2 amide bonds. The van der Waals surface area contributed by atoms with Crippen molar-refractivity contribution >= 4 is 29.3 Å². The molecule has 1 aromatic heterocycles. The first kappa shape index (κ1) is 17.3. The molecule has 2 atom stereocenters. The molecular weight excluding hydrogens is 320 g/mol. The van der Waals surface area contributed by atoms with Crippen LogP contribution < -0.4 is 5.32 Å². The topological polar surface area (TPSA) is 95.9 Å². The van der Waals surface area contributed by atoms with E-state index in [0.717, 1.165) is 4.90 Å². The molecule has 1 aliphatic heterocycles. The van der Waals surface area contributed by atoms with Crippen LogP contribution >= 0.6 is 11.3 Å². The molecule has 0 spiro atoms. The van der Waals surface area contributed by atoms with E-state index in [4.69, 9.17) is 4.74 Å². The number of carbonyl (C=O) groups excluding carboxylic acids is 2. The molecule has 0 unspecified atom stereocenters. The Balaban J connectivity index is 2.04. The number of nitrogens with one attached hydrogen (secondary N) is 1. The predicted octanol–water partition coefficient (Wildman–Crippen LogP) is 1.94. The van der Waals surface area contributed by atoms with E-state index in [0.29, 0.717) is 5.56 Å². The van der Waals surface area contributed by atoms with Crippen LogP contribution in [0, 0.1) is 0 Å². The van der Waals surface area contributed by atoms with E-state index in [1.807, 2.05) is 0 Å². The van der Waals surface area contributed by atoms with Crippen molar-refractivity contribution in [3.63, 3.8) is 0 Å². The number of carboxylic acids is 1. The molecule has 0 saturated carbocycles. The summed E-state index contributed by atoms with van der Waals surface area (Å²) >= 11 is 1.40. The first-order valence-electron chi connectivity index (χ1n) is 7.23. The summed E-state index contributed by atoms with van der Waals surface area (Å²) in [6, 6.07) is 0.267. The van der Waals surface area contributed by atoms with Gasteiger partial charge >= 0.3 is 12.1 Å². The molecule has 1 fully saturated rings. The molecule has 2 heterocycles. The fourth-order valence-electron chi connectivity index (χ4n) is 2.36. The molecule has 0 radical (unpaired) electrons. The number of rotatable bonds is 3. The molecule has 7 nitrogen and oxygen atoms in total. The molecule has 2 N–H and O–H groups in total. The van der Waals surface area contributed by atoms with Gasteiger partial charge in [-0.25, -0.2) is 9.59 Å². The van der Waals surface area contributed by atoms with Crippen LogP contribution in [0.1, 0.15) is 37.6 Å². The minimum atomic E-state index is -1.11. The summed E-state index contributed by atoms with van der Waals surface area (Å²) in [5.74, 6) is -1.38. The number of hydrogen-bond donors (Lipinski definition) is 2. The minimum absolute atomic E-state index is 0.113. The smallest absolute Gasteiger partial charge is 0.411 e. The Kier molecular flexibility index (Phi) is 4.93. The van der Waals surface area contributed by atoms with Crippen molar-refractivity contribution in [1.82, 2.24) is 10.2 Å². The van der Waals surface area contributed by atoms with Gasteiger partial charge in [0.2, 0.25) is 0 Å².